The number of nitrogens with zero attached hydrogens (tertiary/aromatic N) is 4. The van der Waals surface area contributed by atoms with Crippen LogP contribution >= 0.6 is 0 Å². The number of H-pyrrole nitrogens is 2. The van der Waals surface area contributed by atoms with Crippen LogP contribution in [0.25, 0.3) is 55.7 Å². The van der Waals surface area contributed by atoms with Crippen LogP contribution in [0.15, 0.2) is 79.4 Å². The van der Waals surface area contributed by atoms with Gasteiger partial charge in [0.1, 0.15) is 5.69 Å². The van der Waals surface area contributed by atoms with Gasteiger partial charge in [-0.25, -0.2) is 4.98 Å². The van der Waals surface area contributed by atoms with Crippen LogP contribution in [-0.2, 0) is 4.79 Å². The highest BCUT2D eigenvalue weighted by Gasteiger charge is 2.21. The second-order valence-corrected chi connectivity index (χ2v) is 10.0. The van der Waals surface area contributed by atoms with Crippen molar-refractivity contribution in [3.05, 3.63) is 79.4 Å². The van der Waals surface area contributed by atoms with Crippen LogP contribution < -0.4 is 5.32 Å². The van der Waals surface area contributed by atoms with Gasteiger partial charge in [0.15, 0.2) is 5.65 Å². The van der Waals surface area contributed by atoms with E-state index in [1.165, 1.54) is 0 Å². The van der Waals surface area contributed by atoms with Crippen LogP contribution in [0, 0.1) is 5.41 Å². The maximum Gasteiger partial charge on any atom is 0.229 e. The van der Waals surface area contributed by atoms with Crippen molar-refractivity contribution in [1.29, 1.82) is 0 Å². The first-order valence-corrected chi connectivity index (χ1v) is 12.0. The minimum absolute atomic E-state index is 0.0685. The van der Waals surface area contributed by atoms with Gasteiger partial charge in [-0.1, -0.05) is 39.0 Å². The van der Waals surface area contributed by atoms with E-state index >= 15 is 0 Å². The van der Waals surface area contributed by atoms with E-state index in [1.807, 2.05) is 63.2 Å². The average Bonchev–Trinajstić information content (AvgIpc) is 3.52. The zero-order chi connectivity index (χ0) is 25.6. The molecule has 0 aliphatic rings. The highest BCUT2D eigenvalue weighted by atomic mass is 16.2. The summed E-state index contributed by atoms with van der Waals surface area (Å²) in [4.78, 5) is 29.4. The van der Waals surface area contributed by atoms with Gasteiger partial charge in [0.05, 0.1) is 23.3 Å². The summed E-state index contributed by atoms with van der Waals surface area (Å²) in [6.45, 7) is 5.63. The number of benzene rings is 1. The van der Waals surface area contributed by atoms with Crippen molar-refractivity contribution in [3.63, 3.8) is 0 Å². The number of pyridine rings is 3. The monoisotopic (exact) mass is 487 g/mol. The van der Waals surface area contributed by atoms with Crippen molar-refractivity contribution in [3.8, 4) is 33.8 Å². The van der Waals surface area contributed by atoms with E-state index in [9.17, 15) is 4.79 Å². The van der Waals surface area contributed by atoms with Crippen molar-refractivity contribution in [2.45, 2.75) is 20.8 Å². The van der Waals surface area contributed by atoms with Gasteiger partial charge >= 0.3 is 0 Å². The third-order valence-electron chi connectivity index (χ3n) is 6.29. The SMILES string of the molecule is CC(C)(C)C(=O)Nc1cncc(-c2cnc3[nH]nc(-c4cc5c(-c6ccccn6)cccc5[nH]4)c3c2)c1. The molecular formula is C29H25N7O. The van der Waals surface area contributed by atoms with Gasteiger partial charge in [-0.2, -0.15) is 5.10 Å². The minimum Gasteiger partial charge on any atom is -0.353 e. The quantitative estimate of drug-likeness (QED) is 0.273. The number of aromatic amines is 2. The first kappa shape index (κ1) is 22.6. The summed E-state index contributed by atoms with van der Waals surface area (Å²) in [5.74, 6) is -0.0685. The fraction of sp³-hybridized carbons (Fsp3) is 0.138. The summed E-state index contributed by atoms with van der Waals surface area (Å²) in [6, 6.07) is 18.1. The van der Waals surface area contributed by atoms with Crippen molar-refractivity contribution >= 4 is 33.5 Å². The molecule has 8 heteroatoms. The molecule has 0 atom stereocenters. The molecular weight excluding hydrogens is 462 g/mol. The minimum atomic E-state index is -0.502. The zero-order valence-electron chi connectivity index (χ0n) is 20.7. The van der Waals surface area contributed by atoms with E-state index in [2.05, 4.69) is 47.6 Å². The number of rotatable bonds is 4. The molecule has 0 aliphatic heterocycles. The van der Waals surface area contributed by atoms with Gasteiger partial charge in [-0.15, -0.1) is 0 Å². The molecule has 3 N–H and O–H groups in total. The Labute approximate surface area is 213 Å². The Kier molecular flexibility index (Phi) is 5.30. The molecule has 0 bridgehead atoms. The number of carbonyl (C=O) groups is 1. The van der Waals surface area contributed by atoms with E-state index in [-0.39, 0.29) is 5.91 Å². The molecule has 6 aromatic rings. The van der Waals surface area contributed by atoms with Crippen molar-refractivity contribution in [2.24, 2.45) is 5.41 Å². The lowest BCUT2D eigenvalue weighted by Gasteiger charge is -2.17. The van der Waals surface area contributed by atoms with Crippen molar-refractivity contribution in [2.75, 3.05) is 5.32 Å². The predicted octanol–water partition coefficient (Wildman–Crippen LogP) is 6.21. The summed E-state index contributed by atoms with van der Waals surface area (Å²) in [7, 11) is 0. The Morgan fingerprint density at radius 1 is 0.892 bits per heavy atom. The Morgan fingerprint density at radius 2 is 1.76 bits per heavy atom. The van der Waals surface area contributed by atoms with Crippen LogP contribution in [-0.4, -0.2) is 36.0 Å². The van der Waals surface area contributed by atoms with E-state index in [4.69, 9.17) is 0 Å². The standard InChI is InChI=1S/C29H25N7O/c1-29(2,3)28(37)33-19-11-17(14-30-16-19)18-12-22-26(35-36-27(22)32-15-18)25-13-21-20(7-6-9-24(21)34-25)23-8-4-5-10-31-23/h4-16,34H,1-3H3,(H,33,37)(H,32,35,36). The molecule has 0 unspecified atom stereocenters. The average molecular weight is 488 g/mol. The predicted molar refractivity (Wildman–Crippen MR) is 146 cm³/mol. The van der Waals surface area contributed by atoms with E-state index in [0.717, 1.165) is 50.1 Å². The molecule has 0 saturated heterocycles. The molecule has 0 aliphatic carbocycles. The molecule has 5 heterocycles. The van der Waals surface area contributed by atoms with Gasteiger partial charge in [0, 0.05) is 57.0 Å². The molecule has 37 heavy (non-hydrogen) atoms. The molecule has 182 valence electrons. The summed E-state index contributed by atoms with van der Waals surface area (Å²) >= 11 is 0. The molecule has 5 aromatic heterocycles. The molecule has 1 aromatic carbocycles. The second-order valence-electron chi connectivity index (χ2n) is 10.0. The molecule has 0 spiro atoms. The maximum atomic E-state index is 12.4. The lowest BCUT2D eigenvalue weighted by molar-refractivity contribution is -0.123. The number of anilines is 1. The Balaban J connectivity index is 1.40. The van der Waals surface area contributed by atoms with Crippen LogP contribution in [0.4, 0.5) is 5.69 Å². The fourth-order valence-corrected chi connectivity index (χ4v) is 4.28. The van der Waals surface area contributed by atoms with Crippen LogP contribution in [0.5, 0.6) is 0 Å². The Bertz CT molecular complexity index is 1760. The van der Waals surface area contributed by atoms with Gasteiger partial charge < -0.3 is 10.3 Å². The largest absolute Gasteiger partial charge is 0.353 e. The van der Waals surface area contributed by atoms with Gasteiger partial charge in [-0.3, -0.25) is 19.9 Å². The molecule has 0 fully saturated rings. The lowest BCUT2D eigenvalue weighted by Crippen LogP contribution is -2.27. The lowest BCUT2D eigenvalue weighted by atomic mass is 9.95. The molecule has 6 rings (SSSR count). The third-order valence-corrected chi connectivity index (χ3v) is 6.29. The normalized spacial score (nSPS) is 11.8. The number of hydrogen-bond donors (Lipinski definition) is 3. The van der Waals surface area contributed by atoms with E-state index < -0.39 is 5.41 Å². The zero-order valence-corrected chi connectivity index (χ0v) is 20.7. The van der Waals surface area contributed by atoms with Gasteiger partial charge in [-0.05, 0) is 36.4 Å². The highest BCUT2D eigenvalue weighted by molar-refractivity contribution is 6.01. The second kappa shape index (κ2) is 8.67. The molecule has 8 nitrogen and oxygen atoms in total. The topological polar surface area (TPSA) is 112 Å². The van der Waals surface area contributed by atoms with Crippen LogP contribution in [0.1, 0.15) is 20.8 Å². The molecule has 0 radical (unpaired) electrons. The van der Waals surface area contributed by atoms with Gasteiger partial charge in [0.2, 0.25) is 5.91 Å². The summed E-state index contributed by atoms with van der Waals surface area (Å²) < 4.78 is 0. The first-order chi connectivity index (χ1) is 17.9. The number of hydrogen-bond acceptors (Lipinski definition) is 5. The van der Waals surface area contributed by atoms with Crippen LogP contribution in [0.2, 0.25) is 0 Å². The van der Waals surface area contributed by atoms with Gasteiger partial charge in [0.25, 0.3) is 0 Å². The molecule has 0 saturated carbocycles. The maximum absolute atomic E-state index is 12.4. The number of nitrogens with one attached hydrogen (secondary N) is 3. The van der Waals surface area contributed by atoms with Crippen molar-refractivity contribution < 1.29 is 4.79 Å². The summed E-state index contributed by atoms with van der Waals surface area (Å²) in [5, 5.41) is 12.5. The fourth-order valence-electron chi connectivity index (χ4n) is 4.28. The summed E-state index contributed by atoms with van der Waals surface area (Å²) in [6.07, 6.45) is 6.99. The smallest absolute Gasteiger partial charge is 0.229 e. The van der Waals surface area contributed by atoms with Crippen molar-refractivity contribution in [1.82, 2.24) is 30.1 Å². The van der Waals surface area contributed by atoms with E-state index in [1.54, 1.807) is 24.8 Å². The Morgan fingerprint density at radius 3 is 2.57 bits per heavy atom. The number of aromatic nitrogens is 6. The third kappa shape index (κ3) is 4.23. The number of amides is 1. The number of fused-ring (bicyclic) bond motifs is 2. The van der Waals surface area contributed by atoms with E-state index in [0.29, 0.717) is 11.3 Å². The summed E-state index contributed by atoms with van der Waals surface area (Å²) in [5.41, 5.74) is 7.19. The highest BCUT2D eigenvalue weighted by Crippen LogP contribution is 2.34. The van der Waals surface area contributed by atoms with Crippen LogP contribution in [0.3, 0.4) is 0 Å². The molecule has 1 amide bonds. The Hall–Kier alpha value is -4.85. The number of carbonyl (C=O) groups excluding carboxylic acids is 1. The first-order valence-electron chi connectivity index (χ1n) is 12.0.